The minimum absolute atomic E-state index is 0.149. The van der Waals surface area contributed by atoms with Gasteiger partial charge in [-0.15, -0.1) is 11.3 Å². The molecule has 16 heavy (non-hydrogen) atoms. The molecule has 1 fully saturated rings. The summed E-state index contributed by atoms with van der Waals surface area (Å²) in [6.45, 7) is 0.523. The van der Waals surface area contributed by atoms with Crippen LogP contribution in [0.25, 0.3) is 0 Å². The first-order valence-corrected chi connectivity index (χ1v) is 5.95. The third-order valence-corrected chi connectivity index (χ3v) is 3.41. The maximum Gasteiger partial charge on any atom is 0.307 e. The Labute approximate surface area is 96.5 Å². The Morgan fingerprint density at radius 2 is 2.38 bits per heavy atom. The molecule has 2 rings (SSSR count). The first-order chi connectivity index (χ1) is 7.68. The van der Waals surface area contributed by atoms with E-state index in [1.165, 1.54) is 0 Å². The highest BCUT2D eigenvalue weighted by atomic mass is 32.1. The summed E-state index contributed by atoms with van der Waals surface area (Å²) in [6.07, 6.45) is 2.90. The second-order valence-corrected chi connectivity index (χ2v) is 4.73. The average molecular weight is 240 g/mol. The van der Waals surface area contributed by atoms with Gasteiger partial charge < -0.3 is 10.4 Å². The first kappa shape index (κ1) is 11.1. The number of aromatic nitrogens is 1. The zero-order valence-electron chi connectivity index (χ0n) is 8.55. The van der Waals surface area contributed by atoms with Crippen molar-refractivity contribution >= 4 is 23.2 Å². The molecule has 0 unspecified atom stereocenters. The van der Waals surface area contributed by atoms with Gasteiger partial charge in [-0.3, -0.25) is 9.59 Å². The fourth-order valence-electron chi connectivity index (χ4n) is 1.56. The molecule has 1 heterocycles. The van der Waals surface area contributed by atoms with Gasteiger partial charge in [-0.05, 0) is 6.42 Å². The van der Waals surface area contributed by atoms with Crippen molar-refractivity contribution in [2.75, 3.05) is 6.54 Å². The smallest absolute Gasteiger partial charge is 0.307 e. The molecule has 0 radical (unpaired) electrons. The fraction of sp³-hybridized carbons (Fsp3) is 0.500. The predicted octanol–water partition coefficient (Wildman–Crippen LogP) is 0.522. The Morgan fingerprint density at radius 1 is 1.56 bits per heavy atom. The average Bonchev–Trinajstić information content (AvgIpc) is 2.90. The molecule has 6 heteroatoms. The van der Waals surface area contributed by atoms with Gasteiger partial charge in [0.2, 0.25) is 5.91 Å². The Morgan fingerprint density at radius 3 is 2.94 bits per heavy atom. The molecule has 1 aliphatic carbocycles. The number of hydrogen-bond acceptors (Lipinski definition) is 4. The number of nitrogens with zero attached hydrogens (tertiary/aromatic N) is 1. The van der Waals surface area contributed by atoms with Gasteiger partial charge in [0.25, 0.3) is 0 Å². The van der Waals surface area contributed by atoms with Crippen LogP contribution in [0.15, 0.2) is 11.6 Å². The van der Waals surface area contributed by atoms with Crippen LogP contribution in [0, 0.1) is 11.8 Å². The van der Waals surface area contributed by atoms with E-state index in [0.717, 1.165) is 5.01 Å². The van der Waals surface area contributed by atoms with Gasteiger partial charge in [0.1, 0.15) is 0 Å². The maximum atomic E-state index is 11.5. The third-order valence-electron chi connectivity index (χ3n) is 2.57. The van der Waals surface area contributed by atoms with Crippen LogP contribution in [0.3, 0.4) is 0 Å². The Hall–Kier alpha value is -1.43. The molecule has 2 atom stereocenters. The molecule has 0 saturated heterocycles. The topological polar surface area (TPSA) is 79.3 Å². The lowest BCUT2D eigenvalue weighted by molar-refractivity contribution is -0.140. The van der Waals surface area contributed by atoms with Crippen molar-refractivity contribution in [2.24, 2.45) is 11.8 Å². The Kier molecular flexibility index (Phi) is 3.19. The minimum Gasteiger partial charge on any atom is -0.481 e. The zero-order chi connectivity index (χ0) is 11.5. The van der Waals surface area contributed by atoms with Crippen molar-refractivity contribution in [1.82, 2.24) is 10.3 Å². The second-order valence-electron chi connectivity index (χ2n) is 3.75. The van der Waals surface area contributed by atoms with Gasteiger partial charge >= 0.3 is 5.97 Å². The van der Waals surface area contributed by atoms with Gasteiger partial charge in [0.05, 0.1) is 16.8 Å². The fourth-order valence-corrected chi connectivity index (χ4v) is 2.18. The molecule has 0 aromatic carbocycles. The monoisotopic (exact) mass is 240 g/mol. The number of nitrogens with one attached hydrogen (secondary N) is 1. The van der Waals surface area contributed by atoms with Crippen LogP contribution < -0.4 is 5.32 Å². The number of carboxylic acid groups (broad SMARTS) is 1. The van der Waals surface area contributed by atoms with E-state index in [1.54, 1.807) is 17.5 Å². The number of aliphatic carboxylic acids is 1. The van der Waals surface area contributed by atoms with E-state index in [4.69, 9.17) is 5.11 Å². The van der Waals surface area contributed by atoms with E-state index in [9.17, 15) is 9.59 Å². The summed E-state index contributed by atoms with van der Waals surface area (Å²) in [4.78, 5) is 26.1. The summed E-state index contributed by atoms with van der Waals surface area (Å²) in [5.41, 5.74) is 0. The van der Waals surface area contributed by atoms with Crippen LogP contribution in [0.5, 0.6) is 0 Å². The molecule has 1 aliphatic rings. The number of rotatable bonds is 5. The van der Waals surface area contributed by atoms with Crippen LogP contribution in [0.4, 0.5) is 0 Å². The quantitative estimate of drug-likeness (QED) is 0.786. The van der Waals surface area contributed by atoms with Crippen molar-refractivity contribution in [2.45, 2.75) is 12.8 Å². The normalized spacial score (nSPS) is 22.8. The predicted molar refractivity (Wildman–Crippen MR) is 58.1 cm³/mol. The van der Waals surface area contributed by atoms with E-state index in [-0.39, 0.29) is 11.8 Å². The molecular weight excluding hydrogens is 228 g/mol. The van der Waals surface area contributed by atoms with Gasteiger partial charge in [-0.2, -0.15) is 0 Å². The van der Waals surface area contributed by atoms with Crippen LogP contribution >= 0.6 is 11.3 Å². The van der Waals surface area contributed by atoms with E-state index in [1.807, 2.05) is 5.38 Å². The highest BCUT2D eigenvalue weighted by molar-refractivity contribution is 7.09. The van der Waals surface area contributed by atoms with Crippen molar-refractivity contribution < 1.29 is 14.7 Å². The molecule has 2 N–H and O–H groups in total. The van der Waals surface area contributed by atoms with E-state index < -0.39 is 11.9 Å². The molecule has 1 aromatic rings. The maximum absolute atomic E-state index is 11.5. The number of hydrogen-bond donors (Lipinski definition) is 2. The van der Waals surface area contributed by atoms with Gasteiger partial charge in [-0.1, -0.05) is 0 Å². The van der Waals surface area contributed by atoms with Crippen LogP contribution in [-0.2, 0) is 16.0 Å². The lowest BCUT2D eigenvalue weighted by Crippen LogP contribution is -2.28. The Balaban J connectivity index is 1.68. The molecule has 0 bridgehead atoms. The van der Waals surface area contributed by atoms with Crippen LogP contribution in [0.2, 0.25) is 0 Å². The van der Waals surface area contributed by atoms with Crippen molar-refractivity contribution in [3.8, 4) is 0 Å². The molecule has 0 aliphatic heterocycles. The number of amides is 1. The molecular formula is C10H12N2O3S. The number of carboxylic acids is 1. The van der Waals surface area contributed by atoms with Crippen molar-refractivity contribution in [1.29, 1.82) is 0 Å². The van der Waals surface area contributed by atoms with E-state index in [0.29, 0.717) is 19.4 Å². The number of carbonyl (C=O) groups is 2. The molecule has 0 spiro atoms. The summed E-state index contributed by atoms with van der Waals surface area (Å²) in [6, 6.07) is 0. The molecule has 1 saturated carbocycles. The zero-order valence-corrected chi connectivity index (χ0v) is 9.37. The summed E-state index contributed by atoms with van der Waals surface area (Å²) in [5, 5.41) is 14.3. The number of carbonyl (C=O) groups excluding carboxylic acids is 1. The van der Waals surface area contributed by atoms with Gasteiger partial charge in [0.15, 0.2) is 0 Å². The first-order valence-electron chi connectivity index (χ1n) is 5.07. The van der Waals surface area contributed by atoms with E-state index in [2.05, 4.69) is 10.3 Å². The van der Waals surface area contributed by atoms with Crippen molar-refractivity contribution in [3.05, 3.63) is 16.6 Å². The summed E-state index contributed by atoms with van der Waals surface area (Å²) in [5.74, 6) is -1.82. The number of thiazole rings is 1. The highest BCUT2D eigenvalue weighted by Crippen LogP contribution is 2.38. The van der Waals surface area contributed by atoms with Gasteiger partial charge in [-0.25, -0.2) is 4.98 Å². The summed E-state index contributed by atoms with van der Waals surface area (Å²) >= 11 is 1.55. The minimum atomic E-state index is -0.875. The van der Waals surface area contributed by atoms with Crippen molar-refractivity contribution in [3.63, 3.8) is 0 Å². The largest absolute Gasteiger partial charge is 0.481 e. The molecule has 1 aromatic heterocycles. The third kappa shape index (κ3) is 2.57. The Bertz CT molecular complexity index is 391. The molecule has 86 valence electrons. The SMILES string of the molecule is O=C(O)[C@H]1C[C@H]1C(=O)NCCc1nccs1. The van der Waals surface area contributed by atoms with Crippen LogP contribution in [0.1, 0.15) is 11.4 Å². The lowest BCUT2D eigenvalue weighted by Gasteiger charge is -2.02. The lowest BCUT2D eigenvalue weighted by atomic mass is 10.3. The van der Waals surface area contributed by atoms with Gasteiger partial charge in [0, 0.05) is 24.5 Å². The van der Waals surface area contributed by atoms with Crippen LogP contribution in [-0.4, -0.2) is 28.5 Å². The summed E-state index contributed by atoms with van der Waals surface area (Å²) in [7, 11) is 0. The standard InChI is InChI=1S/C10H12N2O3S/c13-9(6-5-7(6)10(14)15)12-2-1-8-11-3-4-16-8/h3-4,6-7H,1-2,5H2,(H,12,13)(H,14,15)/t6-,7+/m1/s1. The summed E-state index contributed by atoms with van der Waals surface area (Å²) < 4.78 is 0. The molecule has 1 amide bonds. The second kappa shape index (κ2) is 4.61. The highest BCUT2D eigenvalue weighted by Gasteiger charge is 2.48. The van der Waals surface area contributed by atoms with E-state index >= 15 is 0 Å². The molecule has 5 nitrogen and oxygen atoms in total.